The average Bonchev–Trinajstić information content (AvgIpc) is 2.26. The van der Waals surface area contributed by atoms with Gasteiger partial charge in [0.2, 0.25) is 0 Å². The fraction of sp³-hybridized carbons (Fsp3) is 0.333. The van der Waals surface area contributed by atoms with Gasteiger partial charge in [0, 0.05) is 11.1 Å². The van der Waals surface area contributed by atoms with Crippen molar-refractivity contribution in [1.82, 2.24) is 0 Å². The van der Waals surface area contributed by atoms with Gasteiger partial charge in [-0.15, -0.1) is 0 Å². The van der Waals surface area contributed by atoms with E-state index >= 15 is 0 Å². The van der Waals surface area contributed by atoms with E-state index in [4.69, 9.17) is 23.2 Å². The molecule has 0 bridgehead atoms. The van der Waals surface area contributed by atoms with Gasteiger partial charge in [0.05, 0.1) is 0 Å². The van der Waals surface area contributed by atoms with E-state index in [0.717, 1.165) is 11.1 Å². The van der Waals surface area contributed by atoms with Crippen molar-refractivity contribution in [2.24, 2.45) is 0 Å². The normalized spacial score (nSPS) is 10.2. The number of rotatable bonds is 4. The third kappa shape index (κ3) is 2.63. The van der Waals surface area contributed by atoms with Crippen LogP contribution in [0.4, 0.5) is 0 Å². The molecule has 0 unspecified atom stereocenters. The van der Waals surface area contributed by atoms with Gasteiger partial charge in [0.1, 0.15) is 0 Å². The van der Waals surface area contributed by atoms with Crippen LogP contribution in [0, 0.1) is 0 Å². The van der Waals surface area contributed by atoms with Crippen LogP contribution in [0.15, 0.2) is 12.1 Å². The van der Waals surface area contributed by atoms with E-state index in [1.54, 1.807) is 0 Å². The second-order valence-corrected chi connectivity index (χ2v) is 4.11. The number of benzene rings is 1. The van der Waals surface area contributed by atoms with Crippen molar-refractivity contribution < 1.29 is 9.59 Å². The lowest BCUT2D eigenvalue weighted by Crippen LogP contribution is -2.04. The molecule has 0 N–H and O–H groups in total. The van der Waals surface area contributed by atoms with E-state index in [9.17, 15) is 9.59 Å². The molecule has 0 aliphatic rings. The maximum absolute atomic E-state index is 11.2. The van der Waals surface area contributed by atoms with Crippen LogP contribution in [0.25, 0.3) is 0 Å². The zero-order chi connectivity index (χ0) is 12.3. The van der Waals surface area contributed by atoms with Crippen LogP contribution in [-0.4, -0.2) is 10.5 Å². The fourth-order valence-corrected chi connectivity index (χ4v) is 2.00. The Morgan fingerprint density at radius 3 is 1.56 bits per heavy atom. The Bertz CT molecular complexity index is 402. The van der Waals surface area contributed by atoms with Gasteiger partial charge in [-0.2, -0.15) is 0 Å². The maximum Gasteiger partial charge on any atom is 0.252 e. The van der Waals surface area contributed by atoms with E-state index in [2.05, 4.69) is 0 Å². The molecule has 1 aromatic carbocycles. The van der Waals surface area contributed by atoms with Crippen molar-refractivity contribution >= 4 is 33.7 Å². The van der Waals surface area contributed by atoms with E-state index in [1.165, 1.54) is 6.07 Å². The van der Waals surface area contributed by atoms with Crippen LogP contribution in [0.3, 0.4) is 0 Å². The number of carbonyl (C=O) groups is 2. The lowest BCUT2D eigenvalue weighted by molar-refractivity contribution is 0.107. The average molecular weight is 259 g/mol. The van der Waals surface area contributed by atoms with Crippen molar-refractivity contribution in [2.75, 3.05) is 0 Å². The van der Waals surface area contributed by atoms with Crippen LogP contribution in [0.5, 0.6) is 0 Å². The van der Waals surface area contributed by atoms with Crippen molar-refractivity contribution in [3.63, 3.8) is 0 Å². The third-order valence-corrected chi connectivity index (χ3v) is 2.92. The second kappa shape index (κ2) is 5.46. The SMILES string of the molecule is CCc1cc(CC)c(C(=O)Cl)cc1C(=O)Cl. The van der Waals surface area contributed by atoms with Crippen molar-refractivity contribution in [3.05, 3.63) is 34.4 Å². The molecule has 0 amide bonds. The molecule has 0 saturated carbocycles. The number of carbonyl (C=O) groups excluding carboxylic acids is 2. The van der Waals surface area contributed by atoms with E-state index < -0.39 is 10.5 Å². The van der Waals surface area contributed by atoms with Crippen molar-refractivity contribution in [1.29, 1.82) is 0 Å². The van der Waals surface area contributed by atoms with Gasteiger partial charge in [0.15, 0.2) is 0 Å². The predicted molar refractivity (Wildman–Crippen MR) is 65.6 cm³/mol. The molecule has 86 valence electrons. The molecule has 0 saturated heterocycles. The van der Waals surface area contributed by atoms with Crippen LogP contribution >= 0.6 is 23.2 Å². The molecule has 0 aliphatic heterocycles. The summed E-state index contributed by atoms with van der Waals surface area (Å²) in [5.41, 5.74) is 2.42. The minimum absolute atomic E-state index is 0.366. The second-order valence-electron chi connectivity index (χ2n) is 3.42. The summed E-state index contributed by atoms with van der Waals surface area (Å²) in [6, 6.07) is 3.31. The van der Waals surface area contributed by atoms with Crippen LogP contribution < -0.4 is 0 Å². The summed E-state index contributed by atoms with van der Waals surface area (Å²) in [5, 5.41) is -1.11. The Labute approximate surface area is 105 Å². The molecular weight excluding hydrogens is 247 g/mol. The first-order chi connectivity index (χ1) is 7.51. The molecule has 2 nitrogen and oxygen atoms in total. The number of hydrogen-bond acceptors (Lipinski definition) is 2. The zero-order valence-electron chi connectivity index (χ0n) is 9.14. The third-order valence-electron chi connectivity index (χ3n) is 2.51. The Morgan fingerprint density at radius 1 is 0.938 bits per heavy atom. The Kier molecular flexibility index (Phi) is 4.51. The summed E-state index contributed by atoms with van der Waals surface area (Å²) in [5.74, 6) is 0. The van der Waals surface area contributed by atoms with E-state index in [1.807, 2.05) is 19.9 Å². The van der Waals surface area contributed by atoms with Crippen LogP contribution in [-0.2, 0) is 12.8 Å². The molecule has 0 heterocycles. The maximum atomic E-state index is 11.2. The molecule has 16 heavy (non-hydrogen) atoms. The highest BCUT2D eigenvalue weighted by molar-refractivity contribution is 6.69. The molecular formula is C12H12Cl2O2. The van der Waals surface area contributed by atoms with Crippen LogP contribution in [0.2, 0.25) is 0 Å². The molecule has 0 aromatic heterocycles. The largest absolute Gasteiger partial charge is 0.276 e. The van der Waals surface area contributed by atoms with Gasteiger partial charge in [-0.25, -0.2) is 0 Å². The first-order valence-corrected chi connectivity index (χ1v) is 5.82. The predicted octanol–water partition coefficient (Wildman–Crippen LogP) is 3.57. The molecule has 0 aliphatic carbocycles. The Morgan fingerprint density at radius 2 is 1.31 bits per heavy atom. The summed E-state index contributed by atoms with van der Waals surface area (Å²) in [7, 11) is 0. The van der Waals surface area contributed by atoms with E-state index in [-0.39, 0.29) is 0 Å². The van der Waals surface area contributed by atoms with Crippen LogP contribution in [0.1, 0.15) is 45.7 Å². The first-order valence-electron chi connectivity index (χ1n) is 5.06. The highest BCUT2D eigenvalue weighted by atomic mass is 35.5. The lowest BCUT2D eigenvalue weighted by atomic mass is 9.96. The molecule has 0 atom stereocenters. The van der Waals surface area contributed by atoms with E-state index in [0.29, 0.717) is 24.0 Å². The van der Waals surface area contributed by atoms with Gasteiger partial charge in [-0.05, 0) is 53.2 Å². The Balaban J connectivity index is 3.46. The fourth-order valence-electron chi connectivity index (χ4n) is 1.65. The molecule has 1 aromatic rings. The van der Waals surface area contributed by atoms with Gasteiger partial charge in [-0.3, -0.25) is 9.59 Å². The minimum atomic E-state index is -0.557. The van der Waals surface area contributed by atoms with Gasteiger partial charge < -0.3 is 0 Å². The Hall–Kier alpha value is -0.860. The molecule has 0 spiro atoms. The quantitative estimate of drug-likeness (QED) is 0.774. The number of hydrogen-bond donors (Lipinski definition) is 0. The molecule has 0 fully saturated rings. The summed E-state index contributed by atoms with van der Waals surface area (Å²) >= 11 is 10.9. The molecule has 4 heteroatoms. The highest BCUT2D eigenvalue weighted by Gasteiger charge is 2.15. The molecule has 0 radical (unpaired) electrons. The lowest BCUT2D eigenvalue weighted by Gasteiger charge is -2.10. The number of halogens is 2. The molecule has 1 rings (SSSR count). The summed E-state index contributed by atoms with van der Waals surface area (Å²) in [6.07, 6.45) is 1.38. The van der Waals surface area contributed by atoms with Crippen molar-refractivity contribution in [3.8, 4) is 0 Å². The first kappa shape index (κ1) is 13.2. The summed E-state index contributed by atoms with van der Waals surface area (Å²) < 4.78 is 0. The summed E-state index contributed by atoms with van der Waals surface area (Å²) in [4.78, 5) is 22.4. The minimum Gasteiger partial charge on any atom is -0.276 e. The monoisotopic (exact) mass is 258 g/mol. The summed E-state index contributed by atoms with van der Waals surface area (Å²) in [6.45, 7) is 3.86. The van der Waals surface area contributed by atoms with Gasteiger partial charge in [0.25, 0.3) is 10.5 Å². The smallest absolute Gasteiger partial charge is 0.252 e. The van der Waals surface area contributed by atoms with Gasteiger partial charge in [-0.1, -0.05) is 19.9 Å². The standard InChI is InChI=1S/C12H12Cl2O2/c1-3-7-5-8(4-2)10(12(14)16)6-9(7)11(13)15/h5-6H,3-4H2,1-2H3. The highest BCUT2D eigenvalue weighted by Crippen LogP contribution is 2.21. The topological polar surface area (TPSA) is 34.1 Å². The number of aryl methyl sites for hydroxylation is 2. The van der Waals surface area contributed by atoms with Gasteiger partial charge >= 0.3 is 0 Å². The zero-order valence-corrected chi connectivity index (χ0v) is 10.7. The van der Waals surface area contributed by atoms with Crippen molar-refractivity contribution in [2.45, 2.75) is 26.7 Å².